The summed E-state index contributed by atoms with van der Waals surface area (Å²) in [6, 6.07) is 2.51. The lowest BCUT2D eigenvalue weighted by molar-refractivity contribution is -0.142. The molecule has 0 N–H and O–H groups in total. The first-order valence-electron chi connectivity index (χ1n) is 7.63. The lowest BCUT2D eigenvalue weighted by Gasteiger charge is -2.21. The minimum atomic E-state index is -0.936. The molecule has 1 fully saturated rings. The van der Waals surface area contributed by atoms with E-state index in [1.807, 2.05) is 0 Å². The minimum Gasteiger partial charge on any atom is -0.465 e. The average Bonchev–Trinajstić information content (AvgIpc) is 2.70. The molecule has 1 atom stereocenters. The molecule has 1 aliphatic rings. The van der Waals surface area contributed by atoms with Gasteiger partial charge in [0.1, 0.15) is 16.7 Å². The number of amides is 1. The van der Waals surface area contributed by atoms with Crippen molar-refractivity contribution in [1.82, 2.24) is 0 Å². The lowest BCUT2D eigenvalue weighted by Crippen LogP contribution is -2.25. The summed E-state index contributed by atoms with van der Waals surface area (Å²) in [4.78, 5) is 25.4. The molecule has 0 spiro atoms. The molecule has 136 valence electrons. The summed E-state index contributed by atoms with van der Waals surface area (Å²) in [5.74, 6) is -1.09. The maximum atomic E-state index is 14.4. The molecule has 1 aromatic rings. The van der Waals surface area contributed by atoms with Gasteiger partial charge >= 0.3 is 12.1 Å². The van der Waals surface area contributed by atoms with Crippen LogP contribution in [0.15, 0.2) is 29.3 Å². The smallest absolute Gasteiger partial charge is 0.419 e. The van der Waals surface area contributed by atoms with Gasteiger partial charge in [-0.15, -0.1) is 11.8 Å². The molecule has 25 heavy (non-hydrogen) atoms. The molecule has 1 unspecified atom stereocenters. The number of halogens is 2. The van der Waals surface area contributed by atoms with Gasteiger partial charge in [-0.05, 0) is 39.8 Å². The van der Waals surface area contributed by atoms with E-state index in [9.17, 15) is 14.0 Å². The van der Waals surface area contributed by atoms with Crippen LogP contribution in [0.5, 0.6) is 0 Å². The van der Waals surface area contributed by atoms with Crippen LogP contribution in [0.3, 0.4) is 0 Å². The molecule has 1 amide bonds. The summed E-state index contributed by atoms with van der Waals surface area (Å²) in [5, 5.41) is -0.402. The fourth-order valence-electron chi connectivity index (χ4n) is 2.22. The number of rotatable bonds is 5. The average molecular weight is 388 g/mol. The number of nitrogens with zero attached hydrogens (tertiary/aromatic N) is 1. The molecule has 1 saturated heterocycles. The van der Waals surface area contributed by atoms with E-state index in [2.05, 4.69) is 6.58 Å². The zero-order valence-electron chi connectivity index (χ0n) is 14.4. The molecule has 0 aromatic heterocycles. The molecule has 1 aliphatic heterocycles. The van der Waals surface area contributed by atoms with Crippen molar-refractivity contribution in [3.63, 3.8) is 0 Å². The van der Waals surface area contributed by atoms with Gasteiger partial charge in [0.2, 0.25) is 0 Å². The highest BCUT2D eigenvalue weighted by Crippen LogP contribution is 2.41. The normalized spacial score (nSPS) is 17.4. The molecule has 1 aromatic carbocycles. The monoisotopic (exact) mass is 387 g/mol. The van der Waals surface area contributed by atoms with Gasteiger partial charge in [0.15, 0.2) is 0 Å². The molecular weight excluding hydrogens is 369 g/mol. The molecule has 5 nitrogen and oxygen atoms in total. The molecule has 0 bridgehead atoms. The van der Waals surface area contributed by atoms with Crippen LogP contribution in [0.1, 0.15) is 27.7 Å². The predicted octanol–water partition coefficient (Wildman–Crippen LogP) is 4.77. The number of carbonyl (C=O) groups excluding carboxylic acids is 2. The zero-order valence-corrected chi connectivity index (χ0v) is 16.0. The van der Waals surface area contributed by atoms with Crippen molar-refractivity contribution >= 4 is 41.1 Å². The SMILES string of the molecule is C=C1N(c2cc(SC(C)C(=O)OCC)c(Cl)cc2F)C(=O)OC1(C)C. The van der Waals surface area contributed by atoms with Crippen molar-refractivity contribution < 1.29 is 23.5 Å². The Kier molecular flexibility index (Phi) is 5.68. The second-order valence-corrected chi connectivity index (χ2v) is 7.70. The van der Waals surface area contributed by atoms with Gasteiger partial charge < -0.3 is 9.47 Å². The molecule has 2 rings (SSSR count). The maximum Gasteiger partial charge on any atom is 0.419 e. The van der Waals surface area contributed by atoms with E-state index in [1.165, 1.54) is 6.07 Å². The van der Waals surface area contributed by atoms with Crippen molar-refractivity contribution in [3.05, 3.63) is 35.2 Å². The molecule has 1 heterocycles. The highest BCUT2D eigenvalue weighted by molar-refractivity contribution is 8.00. The number of esters is 1. The van der Waals surface area contributed by atoms with Gasteiger partial charge in [-0.2, -0.15) is 0 Å². The van der Waals surface area contributed by atoms with Gasteiger partial charge in [-0.1, -0.05) is 18.2 Å². The van der Waals surface area contributed by atoms with Gasteiger partial charge in [0, 0.05) is 4.90 Å². The number of benzene rings is 1. The molecule has 8 heteroatoms. The molecule has 0 aliphatic carbocycles. The summed E-state index contributed by atoms with van der Waals surface area (Å²) >= 11 is 7.21. The van der Waals surface area contributed by atoms with Crippen molar-refractivity contribution in [3.8, 4) is 0 Å². The summed E-state index contributed by atoms with van der Waals surface area (Å²) in [6.45, 7) is 10.8. The first-order valence-corrected chi connectivity index (χ1v) is 8.89. The number of cyclic esters (lactones) is 1. The standard InChI is InChI=1S/C17H19ClFNO4S/c1-6-23-15(21)9(2)25-14-8-13(12(19)7-11(14)18)20-10(3)17(4,5)24-16(20)22/h7-9H,3,6H2,1-2,4-5H3. The van der Waals surface area contributed by atoms with Crippen LogP contribution >= 0.6 is 23.4 Å². The Labute approximate surface area is 155 Å². The van der Waals surface area contributed by atoms with Gasteiger partial charge in [0.05, 0.1) is 23.0 Å². The van der Waals surface area contributed by atoms with E-state index in [0.29, 0.717) is 10.6 Å². The van der Waals surface area contributed by atoms with Gasteiger partial charge in [-0.3, -0.25) is 4.79 Å². The Morgan fingerprint density at radius 3 is 2.68 bits per heavy atom. The summed E-state index contributed by atoms with van der Waals surface area (Å²) < 4.78 is 24.6. The van der Waals surface area contributed by atoms with Crippen LogP contribution in [0.2, 0.25) is 5.02 Å². The van der Waals surface area contributed by atoms with Gasteiger partial charge in [-0.25, -0.2) is 14.1 Å². The van der Waals surface area contributed by atoms with Crippen molar-refractivity contribution in [2.75, 3.05) is 11.5 Å². The highest BCUT2D eigenvalue weighted by atomic mass is 35.5. The topological polar surface area (TPSA) is 55.8 Å². The Morgan fingerprint density at radius 2 is 2.16 bits per heavy atom. The van der Waals surface area contributed by atoms with Gasteiger partial charge in [0.25, 0.3) is 0 Å². The number of ether oxygens (including phenoxy) is 2. The minimum absolute atomic E-state index is 0.0245. The van der Waals surface area contributed by atoms with E-state index in [0.717, 1.165) is 22.7 Å². The molecule has 0 saturated carbocycles. The third-order valence-electron chi connectivity index (χ3n) is 3.65. The third kappa shape index (κ3) is 3.93. The first-order chi connectivity index (χ1) is 11.6. The second-order valence-electron chi connectivity index (χ2n) is 5.91. The Morgan fingerprint density at radius 1 is 1.52 bits per heavy atom. The van der Waals surface area contributed by atoms with Crippen LogP contribution < -0.4 is 4.90 Å². The number of carbonyl (C=O) groups is 2. The highest BCUT2D eigenvalue weighted by Gasteiger charge is 2.43. The Bertz CT molecular complexity index is 738. The number of thioether (sulfide) groups is 1. The molecule has 0 radical (unpaired) electrons. The third-order valence-corrected chi connectivity index (χ3v) is 5.22. The number of hydrogen-bond acceptors (Lipinski definition) is 5. The van der Waals surface area contributed by atoms with E-state index in [4.69, 9.17) is 21.1 Å². The van der Waals surface area contributed by atoms with Crippen molar-refractivity contribution in [2.24, 2.45) is 0 Å². The van der Waals surface area contributed by atoms with Crippen LogP contribution in [-0.2, 0) is 14.3 Å². The van der Waals surface area contributed by atoms with E-state index in [1.54, 1.807) is 27.7 Å². The summed E-state index contributed by atoms with van der Waals surface area (Å²) in [7, 11) is 0. The molecular formula is C17H19ClFNO4S. The fraction of sp³-hybridized carbons (Fsp3) is 0.412. The van der Waals surface area contributed by atoms with E-state index >= 15 is 0 Å². The Hall–Kier alpha value is -1.73. The van der Waals surface area contributed by atoms with Crippen LogP contribution in [-0.4, -0.2) is 29.5 Å². The van der Waals surface area contributed by atoms with Crippen LogP contribution in [0.4, 0.5) is 14.9 Å². The number of hydrogen-bond donors (Lipinski definition) is 0. The lowest BCUT2D eigenvalue weighted by atomic mass is 10.1. The van der Waals surface area contributed by atoms with Crippen molar-refractivity contribution in [1.29, 1.82) is 0 Å². The number of anilines is 1. The van der Waals surface area contributed by atoms with Crippen LogP contribution in [0, 0.1) is 5.82 Å². The van der Waals surface area contributed by atoms with Crippen LogP contribution in [0.25, 0.3) is 0 Å². The zero-order chi connectivity index (χ0) is 18.9. The summed E-state index contributed by atoms with van der Waals surface area (Å²) in [6.07, 6.45) is -0.717. The van der Waals surface area contributed by atoms with Crippen molar-refractivity contribution in [2.45, 2.75) is 43.4 Å². The fourth-order valence-corrected chi connectivity index (χ4v) is 3.40. The second kappa shape index (κ2) is 7.25. The largest absolute Gasteiger partial charge is 0.465 e. The summed E-state index contributed by atoms with van der Waals surface area (Å²) in [5.41, 5.74) is -0.647. The Balaban J connectivity index is 2.37. The quantitative estimate of drug-likeness (QED) is 0.538. The predicted molar refractivity (Wildman–Crippen MR) is 95.5 cm³/mol. The first kappa shape index (κ1) is 19.6. The maximum absolute atomic E-state index is 14.4. The van der Waals surface area contributed by atoms with E-state index in [-0.39, 0.29) is 17.3 Å². The van der Waals surface area contributed by atoms with E-state index < -0.39 is 28.7 Å².